The average Bonchev–Trinajstić information content (AvgIpc) is 2.57. The Kier molecular flexibility index (Phi) is 1.83. The number of amides is 1. The molecular formula is C10H18N2O2. The second-order valence-corrected chi connectivity index (χ2v) is 5.30. The number of ether oxygens (including phenoxy) is 1. The van der Waals surface area contributed by atoms with E-state index in [1.165, 1.54) is 0 Å². The Balaban J connectivity index is 1.94. The van der Waals surface area contributed by atoms with Crippen LogP contribution in [-0.4, -0.2) is 34.7 Å². The Labute approximate surface area is 84.4 Å². The van der Waals surface area contributed by atoms with Gasteiger partial charge in [-0.15, -0.1) is 0 Å². The van der Waals surface area contributed by atoms with Crippen molar-refractivity contribution in [2.24, 2.45) is 5.73 Å². The predicted molar refractivity (Wildman–Crippen MR) is 52.9 cm³/mol. The first-order chi connectivity index (χ1) is 6.35. The summed E-state index contributed by atoms with van der Waals surface area (Å²) in [4.78, 5) is 13.5. The predicted octanol–water partition coefficient (Wildman–Crippen LogP) is 1.10. The summed E-state index contributed by atoms with van der Waals surface area (Å²) < 4.78 is 5.30. The highest BCUT2D eigenvalue weighted by atomic mass is 16.6. The first-order valence-electron chi connectivity index (χ1n) is 5.11. The van der Waals surface area contributed by atoms with Crippen LogP contribution in [0.25, 0.3) is 0 Å². The van der Waals surface area contributed by atoms with Crippen LogP contribution in [0.15, 0.2) is 0 Å². The zero-order valence-corrected chi connectivity index (χ0v) is 9.04. The molecule has 80 valence electrons. The van der Waals surface area contributed by atoms with Gasteiger partial charge in [-0.25, -0.2) is 4.79 Å². The molecule has 0 aromatic heterocycles. The molecule has 1 spiro atoms. The molecule has 1 amide bonds. The van der Waals surface area contributed by atoms with Gasteiger partial charge in [-0.1, -0.05) is 0 Å². The number of nitrogens with two attached hydrogens (primary N) is 1. The average molecular weight is 198 g/mol. The van der Waals surface area contributed by atoms with E-state index in [1.54, 1.807) is 4.90 Å². The molecule has 0 aromatic rings. The molecule has 2 fully saturated rings. The van der Waals surface area contributed by atoms with Gasteiger partial charge in [0.15, 0.2) is 0 Å². The van der Waals surface area contributed by atoms with Crippen molar-refractivity contribution < 1.29 is 9.53 Å². The molecule has 2 N–H and O–H groups in total. The van der Waals surface area contributed by atoms with Gasteiger partial charge in [0.25, 0.3) is 0 Å². The van der Waals surface area contributed by atoms with E-state index in [4.69, 9.17) is 10.5 Å². The smallest absolute Gasteiger partial charge is 0.410 e. The van der Waals surface area contributed by atoms with Gasteiger partial charge < -0.3 is 15.4 Å². The molecule has 1 saturated carbocycles. The van der Waals surface area contributed by atoms with Crippen LogP contribution < -0.4 is 5.73 Å². The topological polar surface area (TPSA) is 55.6 Å². The Morgan fingerprint density at radius 2 is 2.14 bits per heavy atom. The van der Waals surface area contributed by atoms with Crippen LogP contribution >= 0.6 is 0 Å². The Hall–Kier alpha value is -0.770. The monoisotopic (exact) mass is 198 g/mol. The first kappa shape index (κ1) is 9.77. The molecule has 1 saturated heterocycles. The molecule has 4 nitrogen and oxygen atoms in total. The minimum absolute atomic E-state index is 0.0255. The highest BCUT2D eigenvalue weighted by Crippen LogP contribution is 2.50. The summed E-state index contributed by atoms with van der Waals surface area (Å²) in [5.74, 6) is 0. The van der Waals surface area contributed by atoms with Gasteiger partial charge in [0.2, 0.25) is 0 Å². The summed E-state index contributed by atoms with van der Waals surface area (Å²) in [6, 6.07) is 0.170. The molecule has 0 aromatic carbocycles. The van der Waals surface area contributed by atoms with Crippen LogP contribution in [0.1, 0.15) is 33.6 Å². The third-order valence-electron chi connectivity index (χ3n) is 3.02. The number of nitrogens with zero attached hydrogens (tertiary/aromatic N) is 1. The molecule has 2 aliphatic rings. The lowest BCUT2D eigenvalue weighted by molar-refractivity contribution is -0.0130. The number of carbonyl (C=O) groups is 1. The van der Waals surface area contributed by atoms with E-state index in [9.17, 15) is 4.79 Å². The second kappa shape index (κ2) is 2.63. The highest BCUT2D eigenvalue weighted by molar-refractivity contribution is 5.71. The minimum Gasteiger partial charge on any atom is -0.444 e. The summed E-state index contributed by atoms with van der Waals surface area (Å²) in [6.07, 6.45) is 1.76. The van der Waals surface area contributed by atoms with Gasteiger partial charge in [0.05, 0.1) is 5.54 Å². The molecule has 2 unspecified atom stereocenters. The molecule has 1 aliphatic heterocycles. The Morgan fingerprint density at radius 1 is 1.57 bits per heavy atom. The highest BCUT2D eigenvalue weighted by Gasteiger charge is 2.64. The molecule has 0 radical (unpaired) electrons. The first-order valence-corrected chi connectivity index (χ1v) is 5.11. The van der Waals surface area contributed by atoms with Crippen LogP contribution in [0.2, 0.25) is 0 Å². The van der Waals surface area contributed by atoms with E-state index in [1.807, 2.05) is 20.8 Å². The fourth-order valence-electron chi connectivity index (χ4n) is 2.02. The van der Waals surface area contributed by atoms with Crippen molar-refractivity contribution in [2.45, 2.75) is 50.8 Å². The van der Waals surface area contributed by atoms with E-state index in [0.29, 0.717) is 0 Å². The summed E-state index contributed by atoms with van der Waals surface area (Å²) in [7, 11) is 0. The molecular weight excluding hydrogens is 180 g/mol. The molecule has 0 bridgehead atoms. The van der Waals surface area contributed by atoms with Crippen molar-refractivity contribution in [1.82, 2.24) is 4.90 Å². The van der Waals surface area contributed by atoms with Crippen molar-refractivity contribution in [3.8, 4) is 0 Å². The van der Waals surface area contributed by atoms with Crippen LogP contribution in [0.5, 0.6) is 0 Å². The summed E-state index contributed by atoms with van der Waals surface area (Å²) in [5.41, 5.74) is 5.37. The lowest BCUT2D eigenvalue weighted by Crippen LogP contribution is -2.57. The van der Waals surface area contributed by atoms with E-state index in [0.717, 1.165) is 19.4 Å². The molecule has 2 atom stereocenters. The fourth-order valence-corrected chi connectivity index (χ4v) is 2.02. The number of carbonyl (C=O) groups excluding carboxylic acids is 1. The lowest BCUT2D eigenvalue weighted by Gasteiger charge is -2.42. The molecule has 14 heavy (non-hydrogen) atoms. The maximum atomic E-state index is 11.7. The zero-order valence-electron chi connectivity index (χ0n) is 9.04. The van der Waals surface area contributed by atoms with Crippen molar-refractivity contribution in [3.63, 3.8) is 0 Å². The van der Waals surface area contributed by atoms with Crippen molar-refractivity contribution >= 4 is 6.09 Å². The van der Waals surface area contributed by atoms with Crippen molar-refractivity contribution in [3.05, 3.63) is 0 Å². The lowest BCUT2D eigenvalue weighted by atomic mass is 10.0. The van der Waals surface area contributed by atoms with Gasteiger partial charge in [-0.05, 0) is 33.6 Å². The SMILES string of the molecule is CC(C)(C)OC(=O)N1CCC12CC2N. The van der Waals surface area contributed by atoms with Crippen molar-refractivity contribution in [2.75, 3.05) is 6.54 Å². The minimum atomic E-state index is -0.410. The second-order valence-electron chi connectivity index (χ2n) is 5.30. The number of rotatable bonds is 0. The molecule has 2 rings (SSSR count). The fraction of sp³-hybridized carbons (Fsp3) is 0.900. The maximum Gasteiger partial charge on any atom is 0.410 e. The van der Waals surface area contributed by atoms with Crippen LogP contribution in [0.3, 0.4) is 0 Å². The standard InChI is InChI=1S/C10H18N2O2/c1-9(2,3)14-8(13)12-5-4-10(12)6-7(10)11/h7H,4-6,11H2,1-3H3. The Bertz CT molecular complexity index is 268. The Morgan fingerprint density at radius 3 is 2.43 bits per heavy atom. The maximum absolute atomic E-state index is 11.7. The van der Waals surface area contributed by atoms with Gasteiger partial charge >= 0.3 is 6.09 Å². The van der Waals surface area contributed by atoms with E-state index in [-0.39, 0.29) is 17.7 Å². The van der Waals surface area contributed by atoms with Crippen LogP contribution in [-0.2, 0) is 4.74 Å². The van der Waals surface area contributed by atoms with Gasteiger partial charge in [-0.3, -0.25) is 0 Å². The van der Waals surface area contributed by atoms with E-state index >= 15 is 0 Å². The summed E-state index contributed by atoms with van der Waals surface area (Å²) >= 11 is 0. The third-order valence-corrected chi connectivity index (χ3v) is 3.02. The summed E-state index contributed by atoms with van der Waals surface area (Å²) in [6.45, 7) is 6.43. The van der Waals surface area contributed by atoms with Crippen LogP contribution in [0, 0.1) is 0 Å². The van der Waals surface area contributed by atoms with Crippen LogP contribution in [0.4, 0.5) is 4.79 Å². The van der Waals surface area contributed by atoms with Gasteiger partial charge in [0, 0.05) is 12.6 Å². The quantitative estimate of drug-likeness (QED) is 0.634. The molecule has 4 heteroatoms. The normalized spacial score (nSPS) is 35.4. The zero-order chi connectivity index (χ0) is 10.6. The number of hydrogen-bond acceptors (Lipinski definition) is 3. The van der Waals surface area contributed by atoms with Gasteiger partial charge in [-0.2, -0.15) is 0 Å². The number of hydrogen-bond donors (Lipinski definition) is 1. The van der Waals surface area contributed by atoms with E-state index in [2.05, 4.69) is 0 Å². The number of likely N-dealkylation sites (tertiary alicyclic amines) is 1. The summed E-state index contributed by atoms with van der Waals surface area (Å²) in [5, 5.41) is 0. The van der Waals surface area contributed by atoms with Crippen molar-refractivity contribution in [1.29, 1.82) is 0 Å². The molecule has 1 aliphatic carbocycles. The third kappa shape index (κ3) is 1.38. The molecule has 1 heterocycles. The largest absolute Gasteiger partial charge is 0.444 e. The van der Waals surface area contributed by atoms with E-state index < -0.39 is 5.60 Å². The van der Waals surface area contributed by atoms with Gasteiger partial charge in [0.1, 0.15) is 5.60 Å².